The number of ether oxygens (including phenoxy) is 2. The van der Waals surface area contributed by atoms with Crippen molar-refractivity contribution in [2.45, 2.75) is 26.4 Å². The molecule has 0 aromatic heterocycles. The van der Waals surface area contributed by atoms with E-state index in [1.54, 1.807) is 30.3 Å². The molecule has 7 heteroatoms. The topological polar surface area (TPSA) is 103 Å². The monoisotopic (exact) mass is 355 g/mol. The molecule has 7 nitrogen and oxygen atoms in total. The Bertz CT molecular complexity index is 833. The highest BCUT2D eigenvalue weighted by Gasteiger charge is 2.22. The first-order valence-corrected chi connectivity index (χ1v) is 8.40. The van der Waals surface area contributed by atoms with Crippen LogP contribution in [0.2, 0.25) is 0 Å². The molecule has 0 saturated carbocycles. The molecule has 2 aromatic carbocycles. The molecule has 0 fully saturated rings. The molecule has 26 heavy (non-hydrogen) atoms. The molecule has 0 aliphatic carbocycles. The van der Waals surface area contributed by atoms with Crippen LogP contribution in [0.1, 0.15) is 29.8 Å². The fourth-order valence-electron chi connectivity index (χ4n) is 2.85. The summed E-state index contributed by atoms with van der Waals surface area (Å²) in [6.07, 6.45) is 0.925. The van der Waals surface area contributed by atoms with Crippen LogP contribution in [0.15, 0.2) is 36.4 Å². The predicted molar refractivity (Wildman–Crippen MR) is 99.0 cm³/mol. The average molecular weight is 355 g/mol. The van der Waals surface area contributed by atoms with Gasteiger partial charge in [0.1, 0.15) is 17.6 Å². The van der Waals surface area contributed by atoms with E-state index in [4.69, 9.17) is 15.2 Å². The van der Waals surface area contributed by atoms with Gasteiger partial charge in [0.2, 0.25) is 0 Å². The number of rotatable bonds is 5. The SMILES string of the molecule is CCOc1cc2c(cc1NC(=O)c1ccc(NC(N)=O)cc1)O[C@@H](C)C2. The number of fused-ring (bicyclic) bond motifs is 1. The van der Waals surface area contributed by atoms with Crippen molar-refractivity contribution in [2.75, 3.05) is 17.2 Å². The second-order valence-corrected chi connectivity index (χ2v) is 6.04. The third kappa shape index (κ3) is 3.88. The molecular formula is C19H21N3O4. The van der Waals surface area contributed by atoms with E-state index in [-0.39, 0.29) is 12.0 Å². The number of carbonyl (C=O) groups is 2. The van der Waals surface area contributed by atoms with Gasteiger partial charge in [-0.05, 0) is 44.2 Å². The van der Waals surface area contributed by atoms with Crippen LogP contribution in [0.5, 0.6) is 11.5 Å². The van der Waals surface area contributed by atoms with Crippen LogP contribution in [-0.4, -0.2) is 24.6 Å². The minimum atomic E-state index is -0.657. The maximum atomic E-state index is 12.5. The molecule has 136 valence electrons. The van der Waals surface area contributed by atoms with Crippen LogP contribution < -0.4 is 25.8 Å². The van der Waals surface area contributed by atoms with Crippen molar-refractivity contribution in [2.24, 2.45) is 5.73 Å². The van der Waals surface area contributed by atoms with Crippen LogP contribution in [0, 0.1) is 0 Å². The van der Waals surface area contributed by atoms with Gasteiger partial charge in [0.15, 0.2) is 0 Å². The van der Waals surface area contributed by atoms with E-state index < -0.39 is 6.03 Å². The van der Waals surface area contributed by atoms with Crippen molar-refractivity contribution in [3.8, 4) is 11.5 Å². The van der Waals surface area contributed by atoms with Gasteiger partial charge in [0, 0.05) is 29.3 Å². The lowest BCUT2D eigenvalue weighted by Crippen LogP contribution is -2.19. The smallest absolute Gasteiger partial charge is 0.316 e. The minimum Gasteiger partial charge on any atom is -0.492 e. The van der Waals surface area contributed by atoms with Gasteiger partial charge in [-0.15, -0.1) is 0 Å². The van der Waals surface area contributed by atoms with Crippen molar-refractivity contribution in [3.63, 3.8) is 0 Å². The van der Waals surface area contributed by atoms with Gasteiger partial charge in [-0.2, -0.15) is 0 Å². The third-order valence-electron chi connectivity index (χ3n) is 3.96. The summed E-state index contributed by atoms with van der Waals surface area (Å²) in [6, 6.07) is 9.48. The first-order valence-electron chi connectivity index (χ1n) is 8.40. The number of carbonyl (C=O) groups excluding carboxylic acids is 2. The van der Waals surface area contributed by atoms with Crippen molar-refractivity contribution < 1.29 is 19.1 Å². The van der Waals surface area contributed by atoms with E-state index in [1.807, 2.05) is 19.9 Å². The summed E-state index contributed by atoms with van der Waals surface area (Å²) in [5.74, 6) is 1.09. The minimum absolute atomic E-state index is 0.107. The van der Waals surface area contributed by atoms with Gasteiger partial charge < -0.3 is 25.8 Å². The zero-order valence-electron chi connectivity index (χ0n) is 14.7. The molecule has 3 amide bonds. The van der Waals surface area contributed by atoms with E-state index in [0.29, 0.717) is 29.3 Å². The Labute approximate surface area is 151 Å². The highest BCUT2D eigenvalue weighted by Crippen LogP contribution is 2.38. The number of nitrogens with two attached hydrogens (primary N) is 1. The number of benzene rings is 2. The first-order chi connectivity index (χ1) is 12.5. The normalized spacial score (nSPS) is 14.9. The summed E-state index contributed by atoms with van der Waals surface area (Å²) in [4.78, 5) is 23.4. The van der Waals surface area contributed by atoms with Gasteiger partial charge in [-0.1, -0.05) is 0 Å². The lowest BCUT2D eigenvalue weighted by molar-refractivity contribution is 0.102. The number of hydrogen-bond donors (Lipinski definition) is 3. The van der Waals surface area contributed by atoms with Crippen LogP contribution in [0.3, 0.4) is 0 Å². The average Bonchev–Trinajstić information content (AvgIpc) is 2.94. The van der Waals surface area contributed by atoms with Crippen molar-refractivity contribution in [3.05, 3.63) is 47.5 Å². The maximum Gasteiger partial charge on any atom is 0.316 e. The summed E-state index contributed by atoms with van der Waals surface area (Å²) < 4.78 is 11.4. The first kappa shape index (κ1) is 17.6. The Hall–Kier alpha value is -3.22. The second-order valence-electron chi connectivity index (χ2n) is 6.04. The number of nitrogens with one attached hydrogen (secondary N) is 2. The van der Waals surface area contributed by atoms with Crippen LogP contribution >= 0.6 is 0 Å². The molecule has 1 aliphatic heterocycles. The summed E-state index contributed by atoms with van der Waals surface area (Å²) in [5.41, 5.74) is 7.66. The van der Waals surface area contributed by atoms with E-state index >= 15 is 0 Å². The predicted octanol–water partition coefficient (Wildman–Crippen LogP) is 3.15. The molecular weight excluding hydrogens is 334 g/mol. The van der Waals surface area contributed by atoms with Gasteiger partial charge in [0.05, 0.1) is 12.3 Å². The quantitative estimate of drug-likeness (QED) is 0.766. The Morgan fingerprint density at radius 2 is 1.96 bits per heavy atom. The Morgan fingerprint density at radius 3 is 2.62 bits per heavy atom. The van der Waals surface area contributed by atoms with Gasteiger partial charge in [0.25, 0.3) is 5.91 Å². The fourth-order valence-corrected chi connectivity index (χ4v) is 2.85. The summed E-state index contributed by atoms with van der Waals surface area (Å²) in [5, 5.41) is 5.31. The van der Waals surface area contributed by atoms with E-state index in [1.165, 1.54) is 0 Å². The van der Waals surface area contributed by atoms with E-state index in [2.05, 4.69) is 10.6 Å². The zero-order valence-corrected chi connectivity index (χ0v) is 14.7. The molecule has 0 saturated heterocycles. The lowest BCUT2D eigenvalue weighted by Gasteiger charge is -2.14. The van der Waals surface area contributed by atoms with Crippen molar-refractivity contribution in [1.29, 1.82) is 0 Å². The molecule has 1 heterocycles. The molecule has 0 bridgehead atoms. The number of amides is 3. The van der Waals surface area contributed by atoms with Crippen molar-refractivity contribution >= 4 is 23.3 Å². The van der Waals surface area contributed by atoms with Gasteiger partial charge in [-0.3, -0.25) is 4.79 Å². The highest BCUT2D eigenvalue weighted by atomic mass is 16.5. The Balaban J connectivity index is 1.80. The van der Waals surface area contributed by atoms with Crippen LogP contribution in [0.25, 0.3) is 0 Å². The molecule has 1 atom stereocenters. The molecule has 2 aromatic rings. The summed E-state index contributed by atoms with van der Waals surface area (Å²) >= 11 is 0. The Kier molecular flexibility index (Phi) is 4.97. The van der Waals surface area contributed by atoms with Gasteiger partial charge >= 0.3 is 6.03 Å². The summed E-state index contributed by atoms with van der Waals surface area (Å²) in [7, 11) is 0. The third-order valence-corrected chi connectivity index (χ3v) is 3.96. The van der Waals surface area contributed by atoms with E-state index in [9.17, 15) is 9.59 Å². The molecule has 0 spiro atoms. The summed E-state index contributed by atoms with van der Waals surface area (Å²) in [6.45, 7) is 4.38. The molecule has 1 aliphatic rings. The standard InChI is InChI=1S/C19H21N3O4/c1-3-25-17-9-13-8-11(2)26-16(13)10-15(17)22-18(23)12-4-6-14(7-5-12)21-19(20)24/h4-7,9-11H,3,8H2,1-2H3,(H,22,23)(H3,20,21,24)/t11-/m0/s1. The van der Waals surface area contributed by atoms with Crippen molar-refractivity contribution in [1.82, 2.24) is 0 Å². The number of anilines is 2. The maximum absolute atomic E-state index is 12.5. The van der Waals surface area contributed by atoms with E-state index in [0.717, 1.165) is 17.7 Å². The zero-order chi connectivity index (χ0) is 18.7. The Morgan fingerprint density at radius 1 is 1.23 bits per heavy atom. The number of urea groups is 1. The van der Waals surface area contributed by atoms with Crippen LogP contribution in [-0.2, 0) is 6.42 Å². The molecule has 3 rings (SSSR count). The van der Waals surface area contributed by atoms with Crippen LogP contribution in [0.4, 0.5) is 16.2 Å². The second kappa shape index (κ2) is 7.35. The van der Waals surface area contributed by atoms with Gasteiger partial charge in [-0.25, -0.2) is 4.79 Å². The fraction of sp³-hybridized carbons (Fsp3) is 0.263. The highest BCUT2D eigenvalue weighted by molar-refractivity contribution is 6.05. The molecule has 0 unspecified atom stereocenters. The molecule has 0 radical (unpaired) electrons. The largest absolute Gasteiger partial charge is 0.492 e. The number of primary amides is 1. The number of hydrogen-bond acceptors (Lipinski definition) is 4. The lowest BCUT2D eigenvalue weighted by atomic mass is 10.1. The molecule has 4 N–H and O–H groups in total.